The van der Waals surface area contributed by atoms with E-state index in [1.54, 1.807) is 0 Å². The third-order valence-corrected chi connectivity index (χ3v) is 8.67. The predicted octanol–water partition coefficient (Wildman–Crippen LogP) is 4.06. The van der Waals surface area contributed by atoms with E-state index < -0.39 is 39.6 Å². The van der Waals surface area contributed by atoms with Crippen LogP contribution in [0.15, 0.2) is 78.0 Å². The normalized spacial score (nSPS) is 16.6. The number of nitrogens with one attached hydrogen (secondary N) is 1. The first kappa shape index (κ1) is 29.2. The van der Waals surface area contributed by atoms with Gasteiger partial charge in [0.15, 0.2) is 0 Å². The minimum atomic E-state index is -4.63. The van der Waals surface area contributed by atoms with Crippen LogP contribution in [-0.2, 0) is 27.5 Å². The van der Waals surface area contributed by atoms with Crippen molar-refractivity contribution in [1.82, 2.24) is 19.5 Å². The number of aromatic nitrogens is 1. The Morgan fingerprint density at radius 1 is 0.975 bits per heavy atom. The second kappa shape index (κ2) is 11.8. The van der Waals surface area contributed by atoms with Crippen LogP contribution in [0.1, 0.15) is 46.8 Å². The van der Waals surface area contributed by atoms with Gasteiger partial charge in [0.05, 0.1) is 10.5 Å². The second-order valence-electron chi connectivity index (χ2n) is 9.75. The standard InChI is InChI=1S/C28H29F3N4O4S/c1-19(2)21-5-3-20(4-6-21)17-33-26(36)25-18-34(27(37)22-11-13-32-14-12-22)15-16-35(25)40(38,39)24-9-7-23(8-10-24)28(29,30)31/h3-14,19,25H,15-18H2,1-2H3,(H,33,36)/t25-/m1/s1. The SMILES string of the molecule is CC(C)c1ccc(CNC(=O)[C@H]2CN(C(=O)c3ccncc3)CCN2S(=O)(=O)c2ccc(C(F)(F)F)cc2)cc1. The zero-order valence-corrected chi connectivity index (χ0v) is 22.7. The molecule has 2 aromatic carbocycles. The number of pyridine rings is 1. The highest BCUT2D eigenvalue weighted by Gasteiger charge is 2.42. The molecule has 12 heteroatoms. The largest absolute Gasteiger partial charge is 0.416 e. The lowest BCUT2D eigenvalue weighted by Gasteiger charge is -2.39. The molecule has 8 nitrogen and oxygen atoms in total. The van der Waals surface area contributed by atoms with Crippen molar-refractivity contribution in [3.63, 3.8) is 0 Å². The predicted molar refractivity (Wildman–Crippen MR) is 142 cm³/mol. The Labute approximate surface area is 230 Å². The molecule has 1 aromatic heterocycles. The summed E-state index contributed by atoms with van der Waals surface area (Å²) in [6.07, 6.45) is -1.72. The van der Waals surface area contributed by atoms with Crippen molar-refractivity contribution in [3.05, 3.63) is 95.3 Å². The highest BCUT2D eigenvalue weighted by molar-refractivity contribution is 7.89. The summed E-state index contributed by atoms with van der Waals surface area (Å²) in [7, 11) is -4.37. The summed E-state index contributed by atoms with van der Waals surface area (Å²) >= 11 is 0. The molecule has 2 heterocycles. The number of nitrogens with zero attached hydrogens (tertiary/aromatic N) is 3. The lowest BCUT2D eigenvalue weighted by molar-refractivity contribution is -0.137. The smallest absolute Gasteiger partial charge is 0.351 e. The molecule has 0 spiro atoms. The van der Waals surface area contributed by atoms with E-state index in [-0.39, 0.29) is 31.1 Å². The lowest BCUT2D eigenvalue weighted by Crippen LogP contribution is -2.61. The van der Waals surface area contributed by atoms with Gasteiger partial charge in [0.1, 0.15) is 6.04 Å². The number of hydrogen-bond donors (Lipinski definition) is 1. The Morgan fingerprint density at radius 2 is 1.60 bits per heavy atom. The van der Waals surface area contributed by atoms with Crippen molar-refractivity contribution in [2.45, 2.75) is 43.4 Å². The number of sulfonamides is 1. The molecule has 4 rings (SSSR count). The summed E-state index contributed by atoms with van der Waals surface area (Å²) in [6, 6.07) is 12.5. The first-order valence-electron chi connectivity index (χ1n) is 12.6. The summed E-state index contributed by atoms with van der Waals surface area (Å²) in [5, 5.41) is 2.76. The number of hydrogen-bond acceptors (Lipinski definition) is 5. The number of piperazine rings is 1. The summed E-state index contributed by atoms with van der Waals surface area (Å²) in [5.41, 5.74) is 1.27. The Balaban J connectivity index is 1.59. The Hall–Kier alpha value is -3.77. The summed E-state index contributed by atoms with van der Waals surface area (Å²) in [5.74, 6) is -0.689. The minimum absolute atomic E-state index is 0.0124. The van der Waals surface area contributed by atoms with Gasteiger partial charge < -0.3 is 10.2 Å². The Morgan fingerprint density at radius 3 is 2.17 bits per heavy atom. The molecule has 0 aliphatic carbocycles. The fourth-order valence-electron chi connectivity index (χ4n) is 4.41. The molecule has 1 N–H and O–H groups in total. The number of halogens is 3. The molecule has 3 aromatic rings. The third kappa shape index (κ3) is 6.50. The van der Waals surface area contributed by atoms with E-state index in [1.165, 1.54) is 29.4 Å². The van der Waals surface area contributed by atoms with Crippen molar-refractivity contribution in [2.75, 3.05) is 19.6 Å². The van der Waals surface area contributed by atoms with E-state index in [2.05, 4.69) is 24.1 Å². The molecule has 0 bridgehead atoms. The van der Waals surface area contributed by atoms with Crippen molar-refractivity contribution < 1.29 is 31.2 Å². The van der Waals surface area contributed by atoms with E-state index in [0.717, 1.165) is 27.6 Å². The molecule has 40 heavy (non-hydrogen) atoms. The van der Waals surface area contributed by atoms with E-state index in [0.29, 0.717) is 23.6 Å². The van der Waals surface area contributed by atoms with E-state index >= 15 is 0 Å². The Bertz CT molecular complexity index is 1450. The van der Waals surface area contributed by atoms with Crippen LogP contribution in [0, 0.1) is 0 Å². The van der Waals surface area contributed by atoms with Crippen LogP contribution in [0.4, 0.5) is 13.2 Å². The van der Waals surface area contributed by atoms with Gasteiger partial charge in [-0.05, 0) is 53.4 Å². The molecule has 0 radical (unpaired) electrons. The van der Waals surface area contributed by atoms with Crippen LogP contribution >= 0.6 is 0 Å². The van der Waals surface area contributed by atoms with Crippen molar-refractivity contribution in [1.29, 1.82) is 0 Å². The van der Waals surface area contributed by atoms with Crippen LogP contribution < -0.4 is 5.32 Å². The summed E-state index contributed by atoms with van der Waals surface area (Å²) < 4.78 is 67.1. The molecular formula is C28H29F3N4O4S. The first-order chi connectivity index (χ1) is 18.9. The van der Waals surface area contributed by atoms with Gasteiger partial charge in [-0.3, -0.25) is 14.6 Å². The molecular weight excluding hydrogens is 545 g/mol. The van der Waals surface area contributed by atoms with Gasteiger partial charge in [-0.25, -0.2) is 8.42 Å². The van der Waals surface area contributed by atoms with Crippen molar-refractivity contribution in [3.8, 4) is 0 Å². The van der Waals surface area contributed by atoms with Crippen LogP contribution in [0.2, 0.25) is 0 Å². The van der Waals surface area contributed by atoms with Gasteiger partial charge in [-0.2, -0.15) is 17.5 Å². The topological polar surface area (TPSA) is 99.7 Å². The van der Waals surface area contributed by atoms with Crippen LogP contribution in [0.3, 0.4) is 0 Å². The number of amides is 2. The van der Waals surface area contributed by atoms with Gasteiger partial charge >= 0.3 is 6.18 Å². The second-order valence-corrected chi connectivity index (χ2v) is 11.6. The molecule has 0 unspecified atom stereocenters. The highest BCUT2D eigenvalue weighted by Crippen LogP contribution is 2.31. The quantitative estimate of drug-likeness (QED) is 0.459. The lowest BCUT2D eigenvalue weighted by atomic mass is 10.0. The van der Waals surface area contributed by atoms with Gasteiger partial charge in [0, 0.05) is 44.1 Å². The number of alkyl halides is 3. The zero-order chi connectivity index (χ0) is 29.1. The van der Waals surface area contributed by atoms with Gasteiger partial charge in [0.2, 0.25) is 15.9 Å². The van der Waals surface area contributed by atoms with Gasteiger partial charge in [0.25, 0.3) is 5.91 Å². The zero-order valence-electron chi connectivity index (χ0n) is 21.9. The monoisotopic (exact) mass is 574 g/mol. The molecule has 1 fully saturated rings. The van der Waals surface area contributed by atoms with Crippen LogP contribution in [0.25, 0.3) is 0 Å². The van der Waals surface area contributed by atoms with Crippen LogP contribution in [-0.4, -0.2) is 60.1 Å². The minimum Gasteiger partial charge on any atom is -0.351 e. The molecule has 1 atom stereocenters. The van der Waals surface area contributed by atoms with E-state index in [9.17, 15) is 31.2 Å². The third-order valence-electron chi connectivity index (χ3n) is 6.75. The van der Waals surface area contributed by atoms with E-state index in [1.807, 2.05) is 24.3 Å². The Kier molecular flexibility index (Phi) is 8.59. The van der Waals surface area contributed by atoms with Gasteiger partial charge in [-0.15, -0.1) is 0 Å². The van der Waals surface area contributed by atoms with Gasteiger partial charge in [-0.1, -0.05) is 38.1 Å². The highest BCUT2D eigenvalue weighted by atomic mass is 32.2. The summed E-state index contributed by atoms with van der Waals surface area (Å²) in [6.45, 7) is 3.78. The molecule has 0 saturated carbocycles. The maximum atomic E-state index is 13.5. The molecule has 2 amide bonds. The number of benzene rings is 2. The maximum absolute atomic E-state index is 13.5. The van der Waals surface area contributed by atoms with Crippen molar-refractivity contribution in [2.24, 2.45) is 0 Å². The molecule has 1 aliphatic rings. The number of carbonyl (C=O) groups is 2. The fourth-order valence-corrected chi connectivity index (χ4v) is 5.98. The summed E-state index contributed by atoms with van der Waals surface area (Å²) in [4.78, 5) is 31.4. The molecule has 1 saturated heterocycles. The van der Waals surface area contributed by atoms with E-state index in [4.69, 9.17) is 0 Å². The average molecular weight is 575 g/mol. The first-order valence-corrected chi connectivity index (χ1v) is 14.1. The molecule has 212 valence electrons. The fraction of sp³-hybridized carbons (Fsp3) is 0.321. The average Bonchev–Trinajstić information content (AvgIpc) is 2.95. The number of rotatable bonds is 7. The molecule has 1 aliphatic heterocycles. The van der Waals surface area contributed by atoms with Crippen LogP contribution in [0.5, 0.6) is 0 Å². The maximum Gasteiger partial charge on any atom is 0.416 e. The number of carbonyl (C=O) groups excluding carboxylic acids is 2. The van der Waals surface area contributed by atoms with Crippen molar-refractivity contribution >= 4 is 21.8 Å².